The van der Waals surface area contributed by atoms with Gasteiger partial charge in [0, 0.05) is 37.3 Å². The summed E-state index contributed by atoms with van der Waals surface area (Å²) in [6, 6.07) is 6.37. The van der Waals surface area contributed by atoms with E-state index in [0.29, 0.717) is 16.7 Å². The molecule has 0 bridgehead atoms. The Morgan fingerprint density at radius 3 is 2.48 bits per heavy atom. The quantitative estimate of drug-likeness (QED) is 0.170. The van der Waals surface area contributed by atoms with E-state index in [2.05, 4.69) is 5.32 Å². The lowest BCUT2D eigenvalue weighted by molar-refractivity contribution is -0.127. The summed E-state index contributed by atoms with van der Waals surface area (Å²) in [7, 11) is 2.31. The number of aliphatic hydroxyl groups excluding tert-OH is 2. The largest absolute Gasteiger partial charge is 0.511 e. The molecule has 2 aromatic carbocycles. The van der Waals surface area contributed by atoms with Crippen molar-refractivity contribution in [2.45, 2.75) is 38.7 Å². The van der Waals surface area contributed by atoms with Gasteiger partial charge < -0.3 is 40.9 Å². The maximum atomic E-state index is 13.8. The number of amides is 2. The van der Waals surface area contributed by atoms with Crippen molar-refractivity contribution < 1.29 is 44.2 Å². The van der Waals surface area contributed by atoms with E-state index in [1.165, 1.54) is 6.07 Å². The van der Waals surface area contributed by atoms with E-state index in [0.717, 1.165) is 5.56 Å². The highest BCUT2D eigenvalue weighted by Gasteiger charge is 2.51. The van der Waals surface area contributed by atoms with E-state index in [1.54, 1.807) is 51.0 Å². The first-order valence-electron chi connectivity index (χ1n) is 14.2. The van der Waals surface area contributed by atoms with Crippen molar-refractivity contribution in [2.24, 2.45) is 23.5 Å². The summed E-state index contributed by atoms with van der Waals surface area (Å²) >= 11 is 0. The van der Waals surface area contributed by atoms with Gasteiger partial charge in [-0.2, -0.15) is 0 Å². The molecule has 0 radical (unpaired) electrons. The Labute approximate surface area is 252 Å². The van der Waals surface area contributed by atoms with Gasteiger partial charge in [0.25, 0.3) is 11.8 Å². The standard InChI is InChI=1S/C31H32BN3O9/c1-31(2)16-6-5-12(9-17(16)32(43)44-31)30(42)34-18-11-19(35(3)4)15-8-13-7-14-10-20(36)24(29(33)41)28(40)22(14)26(38)21(13)27(39)23(15)25(18)37/h5-6,9,11,13-14,22,37,39-40,43H,7-8,10H2,1-4H3,(H2,33,41)(H,34,42). The number of Topliss-reactive ketones (excluding diaryl/α,β-unsaturated/α-hetero) is 2. The molecule has 13 heteroatoms. The fourth-order valence-electron chi connectivity index (χ4n) is 7.24. The Hall–Kier alpha value is -4.62. The number of rotatable bonds is 4. The summed E-state index contributed by atoms with van der Waals surface area (Å²) in [4.78, 5) is 53.3. The highest BCUT2D eigenvalue weighted by Crippen LogP contribution is 2.53. The minimum absolute atomic E-state index is 0.0242. The van der Waals surface area contributed by atoms with Crippen LogP contribution < -0.4 is 21.4 Å². The van der Waals surface area contributed by atoms with Gasteiger partial charge in [0.15, 0.2) is 11.6 Å². The van der Waals surface area contributed by atoms with Crippen LogP contribution in [0.3, 0.4) is 0 Å². The number of allylic oxidation sites excluding steroid dienone is 2. The maximum absolute atomic E-state index is 13.8. The molecule has 0 aromatic heterocycles. The minimum atomic E-state index is -1.23. The topological polar surface area (TPSA) is 200 Å². The van der Waals surface area contributed by atoms with E-state index >= 15 is 0 Å². The predicted octanol–water partition coefficient (Wildman–Crippen LogP) is 1.58. The molecule has 0 saturated heterocycles. The van der Waals surface area contributed by atoms with Crippen molar-refractivity contribution in [3.8, 4) is 5.75 Å². The van der Waals surface area contributed by atoms with Crippen LogP contribution in [-0.4, -0.2) is 64.9 Å². The highest BCUT2D eigenvalue weighted by atomic mass is 16.5. The molecule has 2 aromatic rings. The molecule has 1 heterocycles. The number of hydrogen-bond donors (Lipinski definition) is 6. The fraction of sp³-hybridized carbons (Fsp3) is 0.355. The number of anilines is 2. The molecule has 1 fully saturated rings. The van der Waals surface area contributed by atoms with Crippen LogP contribution in [0.1, 0.15) is 53.7 Å². The molecule has 12 nitrogen and oxygen atoms in total. The van der Waals surface area contributed by atoms with Gasteiger partial charge >= 0.3 is 7.12 Å². The number of hydrogen-bond acceptors (Lipinski definition) is 10. The van der Waals surface area contributed by atoms with Crippen molar-refractivity contribution in [2.75, 3.05) is 24.3 Å². The summed E-state index contributed by atoms with van der Waals surface area (Å²) in [5, 5.41) is 46.8. The van der Waals surface area contributed by atoms with Crippen LogP contribution in [0.5, 0.6) is 5.75 Å². The third-order valence-corrected chi connectivity index (χ3v) is 9.23. The first-order valence-corrected chi connectivity index (χ1v) is 14.2. The summed E-state index contributed by atoms with van der Waals surface area (Å²) in [5.74, 6) is -6.99. The Bertz CT molecular complexity index is 1760. The number of nitrogens with zero attached hydrogens (tertiary/aromatic N) is 1. The number of ketones is 2. The number of phenolic OH excluding ortho intramolecular Hbond substituents is 1. The molecule has 7 N–H and O–H groups in total. The smallest absolute Gasteiger partial charge is 0.492 e. The van der Waals surface area contributed by atoms with Gasteiger partial charge in [0.05, 0.1) is 22.8 Å². The zero-order valence-corrected chi connectivity index (χ0v) is 24.6. The third-order valence-electron chi connectivity index (χ3n) is 9.23. The van der Waals surface area contributed by atoms with Crippen LogP contribution in [0.4, 0.5) is 11.4 Å². The lowest BCUT2D eigenvalue weighted by atomic mass is 9.61. The second-order valence-corrected chi connectivity index (χ2v) is 12.5. The van der Waals surface area contributed by atoms with Crippen LogP contribution in [-0.2, 0) is 31.1 Å². The van der Waals surface area contributed by atoms with Crippen LogP contribution in [0, 0.1) is 17.8 Å². The molecule has 1 aliphatic heterocycles. The number of carbonyl (C=O) groups excluding carboxylic acids is 4. The molecule has 3 atom stereocenters. The van der Waals surface area contributed by atoms with Gasteiger partial charge in [-0.3, -0.25) is 19.2 Å². The summed E-state index contributed by atoms with van der Waals surface area (Å²) in [6.45, 7) is 3.61. The van der Waals surface area contributed by atoms with Gasteiger partial charge in [-0.1, -0.05) is 6.07 Å². The molecule has 3 unspecified atom stereocenters. The van der Waals surface area contributed by atoms with Gasteiger partial charge in [0.2, 0.25) is 0 Å². The molecule has 6 rings (SSSR count). The number of nitrogens with two attached hydrogens (primary N) is 1. The average molecular weight is 601 g/mol. The van der Waals surface area contributed by atoms with E-state index in [-0.39, 0.29) is 41.6 Å². The Morgan fingerprint density at radius 1 is 1.11 bits per heavy atom. The summed E-state index contributed by atoms with van der Waals surface area (Å²) in [5.41, 5.74) is 6.39. The van der Waals surface area contributed by atoms with Crippen molar-refractivity contribution in [1.29, 1.82) is 0 Å². The summed E-state index contributed by atoms with van der Waals surface area (Å²) < 4.78 is 5.58. The van der Waals surface area contributed by atoms with Crippen molar-refractivity contribution >= 4 is 53.1 Å². The number of nitrogens with one attached hydrogen (secondary N) is 1. The van der Waals surface area contributed by atoms with Gasteiger partial charge in [-0.25, -0.2) is 0 Å². The molecule has 1 saturated carbocycles. The van der Waals surface area contributed by atoms with E-state index in [1.807, 2.05) is 0 Å². The van der Waals surface area contributed by atoms with Crippen LogP contribution in [0.15, 0.2) is 41.2 Å². The fourth-order valence-corrected chi connectivity index (χ4v) is 7.24. The van der Waals surface area contributed by atoms with Crippen molar-refractivity contribution in [3.63, 3.8) is 0 Å². The van der Waals surface area contributed by atoms with Crippen LogP contribution >= 0.6 is 0 Å². The molecule has 44 heavy (non-hydrogen) atoms. The third kappa shape index (κ3) is 4.29. The zero-order valence-electron chi connectivity index (χ0n) is 24.6. The second kappa shape index (κ2) is 9.96. The maximum Gasteiger partial charge on any atom is 0.492 e. The number of phenols is 1. The van der Waals surface area contributed by atoms with Crippen molar-refractivity contribution in [3.05, 3.63) is 63.4 Å². The Kier molecular flexibility index (Phi) is 6.67. The van der Waals surface area contributed by atoms with Crippen molar-refractivity contribution in [1.82, 2.24) is 0 Å². The minimum Gasteiger partial charge on any atom is -0.511 e. The molecule has 3 aliphatic carbocycles. The molecule has 4 aliphatic rings. The first kappa shape index (κ1) is 29.5. The molecular weight excluding hydrogens is 569 g/mol. The number of aliphatic hydroxyl groups is 2. The Balaban J connectivity index is 1.41. The van der Waals surface area contributed by atoms with Gasteiger partial charge in [-0.05, 0) is 73.3 Å². The normalized spacial score (nSPS) is 23.6. The average Bonchev–Trinajstić information content (AvgIpc) is 3.16. The van der Waals surface area contributed by atoms with E-state index in [4.69, 9.17) is 10.4 Å². The van der Waals surface area contributed by atoms with E-state index in [9.17, 15) is 39.5 Å². The monoisotopic (exact) mass is 601 g/mol. The predicted molar refractivity (Wildman–Crippen MR) is 160 cm³/mol. The number of carbonyl (C=O) groups is 4. The molecule has 0 spiro atoms. The summed E-state index contributed by atoms with van der Waals surface area (Å²) in [6.07, 6.45) is 0.364. The van der Waals surface area contributed by atoms with Gasteiger partial charge in [0.1, 0.15) is 22.8 Å². The number of aromatic hydroxyl groups is 1. The van der Waals surface area contributed by atoms with Crippen LogP contribution in [0.2, 0.25) is 0 Å². The number of primary amides is 1. The lowest BCUT2D eigenvalue weighted by Crippen LogP contribution is -2.44. The van der Waals surface area contributed by atoms with Gasteiger partial charge in [-0.15, -0.1) is 0 Å². The van der Waals surface area contributed by atoms with Crippen LogP contribution in [0.25, 0.3) is 5.76 Å². The van der Waals surface area contributed by atoms with E-state index < -0.39 is 76.7 Å². The number of benzene rings is 2. The SMILES string of the molecule is CN(C)c1cc(NC(=O)c2ccc3c(c2)B(O)OC3(C)C)c(O)c2c1CC1CC3CC(=O)C(C(N)=O)=C(O)C3C(=O)C1=C2O. The Morgan fingerprint density at radius 2 is 1.82 bits per heavy atom. The lowest BCUT2D eigenvalue weighted by Gasteiger charge is -2.41. The zero-order chi connectivity index (χ0) is 32.0. The molecule has 2 amide bonds. The number of fused-ring (bicyclic) bond motifs is 4. The second-order valence-electron chi connectivity index (χ2n) is 12.5. The molecule has 228 valence electrons. The molecular formula is C31H32BN3O9. The highest BCUT2D eigenvalue weighted by molar-refractivity contribution is 6.62. The first-order chi connectivity index (χ1) is 20.6.